The molecule has 1 aliphatic heterocycles. The Balaban J connectivity index is 1.48. The van der Waals surface area contributed by atoms with Gasteiger partial charge in [0.1, 0.15) is 5.82 Å². The number of allylic oxidation sites excluding steroid dienone is 2. The van der Waals surface area contributed by atoms with E-state index in [1.165, 1.54) is 37.1 Å². The first kappa shape index (κ1) is 21.4. The highest BCUT2D eigenvalue weighted by molar-refractivity contribution is 5.86. The summed E-state index contributed by atoms with van der Waals surface area (Å²) in [5.74, 6) is 1.95. The molecule has 2 unspecified atom stereocenters. The lowest BCUT2D eigenvalue weighted by atomic mass is 9.87. The van der Waals surface area contributed by atoms with Crippen molar-refractivity contribution < 1.29 is 0 Å². The standard InChI is InChI=1S/C27H35N5/c1-17(2)27-30-19(4)26-16-29-23-8-6-21(15-25(23)32(26)27)20-7-9-24(18(3)14-20)31-12-10-22(28-5)11-13-31/h6-9,14-18,22,24,28H,10-13H2,1-5H3. The SMILES string of the molecule is CNC1CCN(C2C=CC(c3ccc4ncc5c(C)nc(C(C)C)n5c4c3)=CC2C)CC1. The minimum atomic E-state index is 0.354. The fourth-order valence-corrected chi connectivity index (χ4v) is 5.43. The zero-order valence-corrected chi connectivity index (χ0v) is 20.0. The van der Waals surface area contributed by atoms with E-state index in [0.717, 1.165) is 28.1 Å². The number of piperidine rings is 1. The van der Waals surface area contributed by atoms with Crippen LogP contribution in [-0.4, -0.2) is 51.5 Å². The monoisotopic (exact) mass is 429 g/mol. The summed E-state index contributed by atoms with van der Waals surface area (Å²) in [4.78, 5) is 12.2. The molecule has 1 saturated heterocycles. The largest absolute Gasteiger partial charge is 0.317 e. The summed E-state index contributed by atoms with van der Waals surface area (Å²) in [6.07, 6.45) is 11.6. The average molecular weight is 430 g/mol. The molecular weight excluding hydrogens is 394 g/mol. The molecule has 2 atom stereocenters. The fraction of sp³-hybridized carbons (Fsp3) is 0.481. The Morgan fingerprint density at radius 1 is 1.12 bits per heavy atom. The second-order valence-electron chi connectivity index (χ2n) is 9.82. The molecule has 1 N–H and O–H groups in total. The number of likely N-dealkylation sites (tertiary alicyclic amines) is 1. The van der Waals surface area contributed by atoms with Crippen LogP contribution in [0.4, 0.5) is 0 Å². The Bertz CT molecular complexity index is 1190. The molecule has 0 bridgehead atoms. The molecule has 1 aromatic carbocycles. The summed E-state index contributed by atoms with van der Waals surface area (Å²) in [6, 6.07) is 7.82. The molecule has 0 radical (unpaired) electrons. The molecule has 0 spiro atoms. The third-order valence-electron chi connectivity index (χ3n) is 7.33. The molecule has 0 saturated carbocycles. The molecule has 5 rings (SSSR count). The molecular formula is C27H35N5. The lowest BCUT2D eigenvalue weighted by molar-refractivity contribution is 0.149. The summed E-state index contributed by atoms with van der Waals surface area (Å²) in [5.41, 5.74) is 6.86. The van der Waals surface area contributed by atoms with Crippen molar-refractivity contribution in [2.45, 2.75) is 58.5 Å². The van der Waals surface area contributed by atoms with Gasteiger partial charge in [0.15, 0.2) is 0 Å². The zero-order valence-electron chi connectivity index (χ0n) is 20.0. The van der Waals surface area contributed by atoms with Gasteiger partial charge < -0.3 is 5.32 Å². The Morgan fingerprint density at radius 3 is 2.59 bits per heavy atom. The molecule has 1 aliphatic carbocycles. The van der Waals surface area contributed by atoms with Crippen molar-refractivity contribution in [1.29, 1.82) is 0 Å². The van der Waals surface area contributed by atoms with E-state index in [-0.39, 0.29) is 0 Å². The van der Waals surface area contributed by atoms with Gasteiger partial charge in [-0.05, 0) is 56.0 Å². The number of imidazole rings is 1. The second kappa shape index (κ2) is 8.45. The highest BCUT2D eigenvalue weighted by atomic mass is 15.2. The minimum absolute atomic E-state index is 0.354. The molecule has 3 aromatic rings. The average Bonchev–Trinajstić information content (AvgIpc) is 3.16. The number of hydrogen-bond donors (Lipinski definition) is 1. The van der Waals surface area contributed by atoms with Crippen LogP contribution in [0.5, 0.6) is 0 Å². The van der Waals surface area contributed by atoms with Crippen molar-refractivity contribution in [2.24, 2.45) is 5.92 Å². The Kier molecular flexibility index (Phi) is 5.64. The Morgan fingerprint density at radius 2 is 1.91 bits per heavy atom. The number of benzene rings is 1. The molecule has 1 fully saturated rings. The summed E-state index contributed by atoms with van der Waals surface area (Å²) in [5, 5.41) is 3.44. The van der Waals surface area contributed by atoms with Crippen LogP contribution in [0.3, 0.4) is 0 Å². The number of nitrogens with zero attached hydrogens (tertiary/aromatic N) is 4. The van der Waals surface area contributed by atoms with Crippen molar-refractivity contribution in [3.05, 3.63) is 59.7 Å². The van der Waals surface area contributed by atoms with Gasteiger partial charge in [0.25, 0.3) is 0 Å². The highest BCUT2D eigenvalue weighted by Gasteiger charge is 2.27. The maximum Gasteiger partial charge on any atom is 0.116 e. The summed E-state index contributed by atoms with van der Waals surface area (Å²) in [6.45, 7) is 11.2. The summed E-state index contributed by atoms with van der Waals surface area (Å²) >= 11 is 0. The predicted molar refractivity (Wildman–Crippen MR) is 133 cm³/mol. The number of rotatable bonds is 4. The first-order valence-corrected chi connectivity index (χ1v) is 12.1. The van der Waals surface area contributed by atoms with Crippen molar-refractivity contribution in [3.8, 4) is 0 Å². The van der Waals surface area contributed by atoms with Gasteiger partial charge in [-0.25, -0.2) is 4.98 Å². The number of aryl methyl sites for hydroxylation is 1. The van der Waals surface area contributed by atoms with E-state index in [0.29, 0.717) is 23.9 Å². The molecule has 0 amide bonds. The first-order valence-electron chi connectivity index (χ1n) is 12.1. The maximum absolute atomic E-state index is 4.85. The molecule has 5 nitrogen and oxygen atoms in total. The fourth-order valence-electron chi connectivity index (χ4n) is 5.43. The van der Waals surface area contributed by atoms with Crippen LogP contribution in [0.15, 0.2) is 42.6 Å². The zero-order chi connectivity index (χ0) is 22.4. The van der Waals surface area contributed by atoms with E-state index < -0.39 is 0 Å². The summed E-state index contributed by atoms with van der Waals surface area (Å²) in [7, 11) is 2.08. The third kappa shape index (κ3) is 3.67. The predicted octanol–water partition coefficient (Wildman–Crippen LogP) is 4.96. The van der Waals surface area contributed by atoms with Crippen molar-refractivity contribution in [2.75, 3.05) is 20.1 Å². The normalized spacial score (nSPS) is 22.9. The van der Waals surface area contributed by atoms with E-state index >= 15 is 0 Å². The van der Waals surface area contributed by atoms with Crippen LogP contribution < -0.4 is 5.32 Å². The van der Waals surface area contributed by atoms with Gasteiger partial charge in [0.05, 0.1) is 28.4 Å². The van der Waals surface area contributed by atoms with Crippen LogP contribution >= 0.6 is 0 Å². The molecule has 2 aliphatic rings. The van der Waals surface area contributed by atoms with E-state index in [4.69, 9.17) is 9.97 Å². The second-order valence-corrected chi connectivity index (χ2v) is 9.82. The third-order valence-corrected chi connectivity index (χ3v) is 7.33. The van der Waals surface area contributed by atoms with Crippen LogP contribution in [0.2, 0.25) is 0 Å². The first-order chi connectivity index (χ1) is 15.5. The van der Waals surface area contributed by atoms with Crippen LogP contribution in [-0.2, 0) is 0 Å². The van der Waals surface area contributed by atoms with Gasteiger partial charge in [0, 0.05) is 31.1 Å². The minimum Gasteiger partial charge on any atom is -0.317 e. The number of aromatic nitrogens is 3. The number of nitrogens with one attached hydrogen (secondary N) is 1. The van der Waals surface area contributed by atoms with Gasteiger partial charge in [-0.15, -0.1) is 0 Å². The van der Waals surface area contributed by atoms with E-state index in [1.807, 2.05) is 6.20 Å². The van der Waals surface area contributed by atoms with Gasteiger partial charge in [0.2, 0.25) is 0 Å². The topological polar surface area (TPSA) is 45.5 Å². The molecule has 32 heavy (non-hydrogen) atoms. The van der Waals surface area contributed by atoms with Gasteiger partial charge >= 0.3 is 0 Å². The summed E-state index contributed by atoms with van der Waals surface area (Å²) < 4.78 is 2.30. The molecule has 2 aromatic heterocycles. The van der Waals surface area contributed by atoms with Crippen LogP contribution in [0.25, 0.3) is 22.1 Å². The highest BCUT2D eigenvalue weighted by Crippen LogP contribution is 2.31. The molecule has 3 heterocycles. The number of hydrogen-bond acceptors (Lipinski definition) is 4. The molecule has 5 heteroatoms. The lowest BCUT2D eigenvalue weighted by Gasteiger charge is -2.39. The smallest absolute Gasteiger partial charge is 0.116 e. The van der Waals surface area contributed by atoms with Crippen molar-refractivity contribution in [3.63, 3.8) is 0 Å². The van der Waals surface area contributed by atoms with E-state index in [9.17, 15) is 0 Å². The lowest BCUT2D eigenvalue weighted by Crippen LogP contribution is -2.47. The van der Waals surface area contributed by atoms with Gasteiger partial charge in [-0.3, -0.25) is 14.3 Å². The Hall–Kier alpha value is -2.50. The quantitative estimate of drug-likeness (QED) is 0.637. The van der Waals surface area contributed by atoms with E-state index in [2.05, 4.69) is 85.8 Å². The number of fused-ring (bicyclic) bond motifs is 3. The van der Waals surface area contributed by atoms with Crippen molar-refractivity contribution in [1.82, 2.24) is 24.6 Å². The van der Waals surface area contributed by atoms with E-state index in [1.54, 1.807) is 0 Å². The van der Waals surface area contributed by atoms with Gasteiger partial charge in [-0.2, -0.15) is 0 Å². The van der Waals surface area contributed by atoms with Crippen LogP contribution in [0, 0.1) is 12.8 Å². The Labute approximate surface area is 191 Å². The molecule has 168 valence electrons. The van der Waals surface area contributed by atoms with Gasteiger partial charge in [-0.1, -0.05) is 45.1 Å². The van der Waals surface area contributed by atoms with Crippen LogP contribution in [0.1, 0.15) is 56.6 Å². The maximum atomic E-state index is 4.85. The van der Waals surface area contributed by atoms with Crippen molar-refractivity contribution >= 4 is 22.1 Å².